The van der Waals surface area contributed by atoms with E-state index >= 15 is 0 Å². The number of aromatic nitrogens is 2. The number of amides is 1. The van der Waals surface area contributed by atoms with Gasteiger partial charge in [-0.3, -0.25) is 9.48 Å². The standard InChI is InChI=1S/C23H26N4O3/c1-17-3-7-19(8-4-17)24-22(28)16-27-15-21(18-5-9-20(29-2)10-6-18)23(25-27)26-11-13-30-14-12-26/h3-10,15H,11-14,16H2,1-2H3,(H,24,28). The number of anilines is 2. The molecule has 4 rings (SSSR count). The quantitative estimate of drug-likeness (QED) is 0.680. The molecule has 3 aromatic rings. The maximum Gasteiger partial charge on any atom is 0.246 e. The SMILES string of the molecule is COc1ccc(-c2cn(CC(=O)Nc3ccc(C)cc3)nc2N2CCOCC2)cc1. The van der Waals surface area contributed by atoms with Crippen LogP contribution >= 0.6 is 0 Å². The first-order chi connectivity index (χ1) is 14.6. The van der Waals surface area contributed by atoms with Gasteiger partial charge in [-0.2, -0.15) is 5.10 Å². The molecular weight excluding hydrogens is 380 g/mol. The average molecular weight is 406 g/mol. The highest BCUT2D eigenvalue weighted by Gasteiger charge is 2.20. The number of nitrogens with zero attached hydrogens (tertiary/aromatic N) is 3. The number of rotatable bonds is 6. The van der Waals surface area contributed by atoms with Crippen molar-refractivity contribution in [3.63, 3.8) is 0 Å². The Labute approximate surface area is 176 Å². The molecule has 0 atom stereocenters. The Morgan fingerprint density at radius 2 is 1.80 bits per heavy atom. The molecule has 0 saturated carbocycles. The van der Waals surface area contributed by atoms with Gasteiger partial charge >= 0.3 is 0 Å². The molecule has 1 aliphatic rings. The van der Waals surface area contributed by atoms with E-state index in [9.17, 15) is 4.79 Å². The zero-order chi connectivity index (χ0) is 20.9. The summed E-state index contributed by atoms with van der Waals surface area (Å²) in [6.07, 6.45) is 1.93. The van der Waals surface area contributed by atoms with E-state index in [-0.39, 0.29) is 12.5 Å². The third kappa shape index (κ3) is 4.63. The number of nitrogens with one attached hydrogen (secondary N) is 1. The van der Waals surface area contributed by atoms with E-state index in [4.69, 9.17) is 14.6 Å². The first-order valence-electron chi connectivity index (χ1n) is 10.0. The molecule has 1 N–H and O–H groups in total. The Morgan fingerprint density at radius 3 is 2.47 bits per heavy atom. The van der Waals surface area contributed by atoms with E-state index in [0.717, 1.165) is 47.0 Å². The summed E-state index contributed by atoms with van der Waals surface area (Å²) in [6.45, 7) is 5.04. The van der Waals surface area contributed by atoms with Crippen molar-refractivity contribution in [1.29, 1.82) is 0 Å². The zero-order valence-corrected chi connectivity index (χ0v) is 17.3. The van der Waals surface area contributed by atoms with Crippen LogP contribution in [0, 0.1) is 6.92 Å². The van der Waals surface area contributed by atoms with Crippen LogP contribution in [-0.4, -0.2) is 49.1 Å². The smallest absolute Gasteiger partial charge is 0.246 e. The lowest BCUT2D eigenvalue weighted by Crippen LogP contribution is -2.36. The molecule has 0 unspecified atom stereocenters. The van der Waals surface area contributed by atoms with Crippen LogP contribution in [-0.2, 0) is 16.1 Å². The molecule has 1 amide bonds. The number of hydrogen-bond donors (Lipinski definition) is 1. The molecule has 1 fully saturated rings. The third-order valence-electron chi connectivity index (χ3n) is 5.09. The largest absolute Gasteiger partial charge is 0.497 e. The lowest BCUT2D eigenvalue weighted by Gasteiger charge is -2.27. The molecule has 2 aromatic carbocycles. The van der Waals surface area contributed by atoms with Crippen LogP contribution in [0.15, 0.2) is 54.7 Å². The summed E-state index contributed by atoms with van der Waals surface area (Å²) in [5.74, 6) is 1.55. The second-order valence-electron chi connectivity index (χ2n) is 7.31. The molecule has 0 aliphatic carbocycles. The summed E-state index contributed by atoms with van der Waals surface area (Å²) in [4.78, 5) is 14.8. The molecule has 30 heavy (non-hydrogen) atoms. The minimum atomic E-state index is -0.115. The maximum atomic E-state index is 12.6. The molecule has 2 heterocycles. The van der Waals surface area contributed by atoms with Gasteiger partial charge in [0.25, 0.3) is 0 Å². The van der Waals surface area contributed by atoms with E-state index < -0.39 is 0 Å². The number of ether oxygens (including phenoxy) is 2. The fourth-order valence-corrected chi connectivity index (χ4v) is 3.46. The zero-order valence-electron chi connectivity index (χ0n) is 17.3. The van der Waals surface area contributed by atoms with Gasteiger partial charge < -0.3 is 19.7 Å². The van der Waals surface area contributed by atoms with Gasteiger partial charge in [-0.15, -0.1) is 0 Å². The first kappa shape index (κ1) is 20.0. The molecule has 0 radical (unpaired) electrons. The summed E-state index contributed by atoms with van der Waals surface area (Å²) >= 11 is 0. The lowest BCUT2D eigenvalue weighted by atomic mass is 10.1. The van der Waals surface area contributed by atoms with Crippen LogP contribution in [0.2, 0.25) is 0 Å². The number of carbonyl (C=O) groups excluding carboxylic acids is 1. The summed E-state index contributed by atoms with van der Waals surface area (Å²) < 4.78 is 12.5. The third-order valence-corrected chi connectivity index (χ3v) is 5.09. The van der Waals surface area contributed by atoms with Crippen LogP contribution in [0.3, 0.4) is 0 Å². The molecular formula is C23H26N4O3. The molecule has 1 aromatic heterocycles. The average Bonchev–Trinajstić information content (AvgIpc) is 3.19. The van der Waals surface area contributed by atoms with E-state index in [0.29, 0.717) is 13.2 Å². The fraction of sp³-hybridized carbons (Fsp3) is 0.304. The molecule has 0 bridgehead atoms. The second-order valence-corrected chi connectivity index (χ2v) is 7.31. The molecule has 1 saturated heterocycles. The Morgan fingerprint density at radius 1 is 1.10 bits per heavy atom. The lowest BCUT2D eigenvalue weighted by molar-refractivity contribution is -0.116. The van der Waals surface area contributed by atoms with Crippen LogP contribution in [0.5, 0.6) is 5.75 Å². The summed E-state index contributed by atoms with van der Waals surface area (Å²) in [5, 5.41) is 7.67. The van der Waals surface area contributed by atoms with E-state index in [1.165, 1.54) is 0 Å². The van der Waals surface area contributed by atoms with E-state index in [1.807, 2.05) is 61.7 Å². The molecule has 7 heteroatoms. The molecule has 0 spiro atoms. The normalized spacial score (nSPS) is 13.9. The molecule has 1 aliphatic heterocycles. The highest BCUT2D eigenvalue weighted by molar-refractivity contribution is 5.90. The highest BCUT2D eigenvalue weighted by atomic mass is 16.5. The Kier molecular flexibility index (Phi) is 5.99. The van der Waals surface area contributed by atoms with Crippen molar-refractivity contribution >= 4 is 17.4 Å². The Hall–Kier alpha value is -3.32. The van der Waals surface area contributed by atoms with Gasteiger partial charge in [-0.05, 0) is 36.8 Å². The number of methoxy groups -OCH3 is 1. The Bertz CT molecular complexity index is 990. The van der Waals surface area contributed by atoms with Crippen LogP contribution in [0.4, 0.5) is 11.5 Å². The number of carbonyl (C=O) groups is 1. The molecule has 7 nitrogen and oxygen atoms in total. The van der Waals surface area contributed by atoms with Crippen molar-refractivity contribution in [2.75, 3.05) is 43.6 Å². The van der Waals surface area contributed by atoms with Crippen molar-refractivity contribution in [2.45, 2.75) is 13.5 Å². The number of morpholine rings is 1. The summed E-state index contributed by atoms with van der Waals surface area (Å²) in [7, 11) is 1.65. The second kappa shape index (κ2) is 9.00. The highest BCUT2D eigenvalue weighted by Crippen LogP contribution is 2.31. The van der Waals surface area contributed by atoms with Crippen molar-refractivity contribution < 1.29 is 14.3 Å². The summed E-state index contributed by atoms with van der Waals surface area (Å²) in [6, 6.07) is 15.6. The first-order valence-corrected chi connectivity index (χ1v) is 10.0. The predicted octanol–water partition coefficient (Wildman–Crippen LogP) is 3.34. The van der Waals surface area contributed by atoms with Gasteiger partial charge in [0.1, 0.15) is 12.3 Å². The minimum Gasteiger partial charge on any atom is -0.497 e. The maximum absolute atomic E-state index is 12.6. The fourth-order valence-electron chi connectivity index (χ4n) is 3.46. The Balaban J connectivity index is 1.57. The number of hydrogen-bond acceptors (Lipinski definition) is 5. The van der Waals surface area contributed by atoms with Gasteiger partial charge in [0.05, 0.1) is 20.3 Å². The summed E-state index contributed by atoms with van der Waals surface area (Å²) in [5.41, 5.74) is 3.95. The van der Waals surface area contributed by atoms with Crippen molar-refractivity contribution in [1.82, 2.24) is 9.78 Å². The van der Waals surface area contributed by atoms with E-state index in [1.54, 1.807) is 11.8 Å². The van der Waals surface area contributed by atoms with Crippen LogP contribution in [0.25, 0.3) is 11.1 Å². The van der Waals surface area contributed by atoms with Crippen LogP contribution < -0.4 is 15.0 Å². The van der Waals surface area contributed by atoms with Gasteiger partial charge in [-0.25, -0.2) is 0 Å². The number of benzene rings is 2. The van der Waals surface area contributed by atoms with Crippen molar-refractivity contribution in [3.8, 4) is 16.9 Å². The predicted molar refractivity (Wildman–Crippen MR) is 117 cm³/mol. The van der Waals surface area contributed by atoms with Gasteiger partial charge in [0, 0.05) is 30.5 Å². The topological polar surface area (TPSA) is 68.6 Å². The van der Waals surface area contributed by atoms with E-state index in [2.05, 4.69) is 10.2 Å². The molecule has 156 valence electrons. The van der Waals surface area contributed by atoms with Gasteiger partial charge in [0.15, 0.2) is 5.82 Å². The van der Waals surface area contributed by atoms with Crippen molar-refractivity contribution in [2.24, 2.45) is 0 Å². The van der Waals surface area contributed by atoms with Gasteiger partial charge in [0.2, 0.25) is 5.91 Å². The van der Waals surface area contributed by atoms with Crippen molar-refractivity contribution in [3.05, 3.63) is 60.3 Å². The van der Waals surface area contributed by atoms with Crippen LogP contribution in [0.1, 0.15) is 5.56 Å². The minimum absolute atomic E-state index is 0.115. The monoisotopic (exact) mass is 406 g/mol. The number of aryl methyl sites for hydroxylation is 1. The van der Waals surface area contributed by atoms with Gasteiger partial charge in [-0.1, -0.05) is 29.8 Å².